The molecule has 1 aliphatic carbocycles. The standard InChI is InChI=1S/C24H30N2O3/c1-15-21-12-16-5-6-17(11-20(16)24(15,2)9-10-25-21)23(27)26-14-18-7-8-19(28-3)13-22(18)29-4/h5-8,11,13,15,21,25H,9-10,12,14H2,1-4H3,(H,26,27)/t15-,21+,24+/m0/s1. The first-order valence-corrected chi connectivity index (χ1v) is 10.3. The van der Waals surface area contributed by atoms with Gasteiger partial charge < -0.3 is 20.1 Å². The third-order valence-corrected chi connectivity index (χ3v) is 7.02. The third-order valence-electron chi connectivity index (χ3n) is 7.02. The number of hydrogen-bond donors (Lipinski definition) is 2. The van der Waals surface area contributed by atoms with E-state index in [9.17, 15) is 4.79 Å². The van der Waals surface area contributed by atoms with Gasteiger partial charge in [-0.2, -0.15) is 0 Å². The van der Waals surface area contributed by atoms with E-state index in [-0.39, 0.29) is 11.3 Å². The first kappa shape index (κ1) is 19.8. The fourth-order valence-electron chi connectivity index (χ4n) is 4.93. The maximum absolute atomic E-state index is 12.9. The molecule has 4 rings (SSSR count). The molecular formula is C24H30N2O3. The Balaban J connectivity index is 1.54. The van der Waals surface area contributed by atoms with Gasteiger partial charge in [0, 0.05) is 29.8 Å². The summed E-state index contributed by atoms with van der Waals surface area (Å²) in [4.78, 5) is 12.9. The quantitative estimate of drug-likeness (QED) is 0.816. The second-order valence-electron chi connectivity index (χ2n) is 8.45. The smallest absolute Gasteiger partial charge is 0.251 e. The molecule has 0 aromatic heterocycles. The van der Waals surface area contributed by atoms with E-state index in [2.05, 4.69) is 36.6 Å². The lowest BCUT2D eigenvalue weighted by Crippen LogP contribution is -2.56. The highest BCUT2D eigenvalue weighted by atomic mass is 16.5. The van der Waals surface area contributed by atoms with Crippen molar-refractivity contribution in [3.63, 3.8) is 0 Å². The van der Waals surface area contributed by atoms with Crippen LogP contribution >= 0.6 is 0 Å². The van der Waals surface area contributed by atoms with Crippen LogP contribution in [-0.2, 0) is 18.4 Å². The van der Waals surface area contributed by atoms with Crippen LogP contribution in [0, 0.1) is 5.92 Å². The van der Waals surface area contributed by atoms with E-state index in [4.69, 9.17) is 9.47 Å². The Hall–Kier alpha value is -2.53. The summed E-state index contributed by atoms with van der Waals surface area (Å²) >= 11 is 0. The first-order valence-electron chi connectivity index (χ1n) is 10.3. The fourth-order valence-corrected chi connectivity index (χ4v) is 4.93. The summed E-state index contributed by atoms with van der Waals surface area (Å²) < 4.78 is 10.7. The summed E-state index contributed by atoms with van der Waals surface area (Å²) in [7, 11) is 3.25. The lowest BCUT2D eigenvalue weighted by Gasteiger charge is -2.50. The van der Waals surface area contributed by atoms with Crippen LogP contribution in [0.4, 0.5) is 0 Å². The maximum atomic E-state index is 12.9. The Morgan fingerprint density at radius 2 is 2.03 bits per heavy atom. The average molecular weight is 395 g/mol. The molecule has 1 saturated heterocycles. The van der Waals surface area contributed by atoms with Crippen molar-refractivity contribution in [1.82, 2.24) is 10.6 Å². The van der Waals surface area contributed by atoms with E-state index in [1.165, 1.54) is 11.1 Å². The van der Waals surface area contributed by atoms with Crippen LogP contribution in [0.5, 0.6) is 11.5 Å². The monoisotopic (exact) mass is 394 g/mol. The number of methoxy groups -OCH3 is 2. The summed E-state index contributed by atoms with van der Waals surface area (Å²) in [5, 5.41) is 6.70. The Morgan fingerprint density at radius 1 is 1.21 bits per heavy atom. The first-order chi connectivity index (χ1) is 14.0. The molecule has 5 nitrogen and oxygen atoms in total. The van der Waals surface area contributed by atoms with Crippen LogP contribution in [0.25, 0.3) is 0 Å². The van der Waals surface area contributed by atoms with E-state index >= 15 is 0 Å². The number of hydrogen-bond acceptors (Lipinski definition) is 4. The molecule has 1 heterocycles. The van der Waals surface area contributed by atoms with Crippen molar-refractivity contribution >= 4 is 5.91 Å². The molecule has 2 aliphatic rings. The molecule has 2 aromatic carbocycles. The molecule has 2 aromatic rings. The number of carbonyl (C=O) groups is 1. The number of piperidine rings is 1. The highest BCUT2D eigenvalue weighted by Crippen LogP contribution is 2.46. The van der Waals surface area contributed by atoms with E-state index in [1.54, 1.807) is 14.2 Å². The average Bonchev–Trinajstić information content (AvgIpc) is 2.74. The molecule has 1 fully saturated rings. The molecule has 3 atom stereocenters. The number of amides is 1. The van der Waals surface area contributed by atoms with Crippen molar-refractivity contribution in [3.8, 4) is 11.5 Å². The Morgan fingerprint density at radius 3 is 2.79 bits per heavy atom. The molecule has 0 saturated carbocycles. The van der Waals surface area contributed by atoms with Crippen LogP contribution < -0.4 is 20.1 Å². The third kappa shape index (κ3) is 3.48. The summed E-state index contributed by atoms with van der Waals surface area (Å²) in [6.45, 7) is 6.14. The van der Waals surface area contributed by atoms with Crippen molar-refractivity contribution < 1.29 is 14.3 Å². The van der Waals surface area contributed by atoms with Gasteiger partial charge >= 0.3 is 0 Å². The molecule has 1 amide bonds. The van der Waals surface area contributed by atoms with Crippen molar-refractivity contribution in [2.45, 2.75) is 44.7 Å². The van der Waals surface area contributed by atoms with Gasteiger partial charge in [-0.15, -0.1) is 0 Å². The van der Waals surface area contributed by atoms with E-state index in [0.29, 0.717) is 24.3 Å². The predicted molar refractivity (Wildman–Crippen MR) is 114 cm³/mol. The SMILES string of the molecule is COc1ccc(CNC(=O)c2ccc3c(c2)[C@]2(C)CCN[C@H](C3)[C@@H]2C)c(OC)c1. The number of nitrogens with one attached hydrogen (secondary N) is 2. The largest absolute Gasteiger partial charge is 0.497 e. The van der Waals surface area contributed by atoms with Gasteiger partial charge in [0.1, 0.15) is 11.5 Å². The molecule has 1 aliphatic heterocycles. The Bertz CT molecular complexity index is 926. The van der Waals surface area contributed by atoms with Gasteiger partial charge in [-0.1, -0.05) is 19.9 Å². The molecule has 2 N–H and O–H groups in total. The zero-order valence-electron chi connectivity index (χ0n) is 17.7. The van der Waals surface area contributed by atoms with Crippen molar-refractivity contribution in [2.24, 2.45) is 5.92 Å². The summed E-state index contributed by atoms with van der Waals surface area (Å²) in [6.07, 6.45) is 2.14. The van der Waals surface area contributed by atoms with E-state index in [0.717, 1.165) is 36.3 Å². The minimum Gasteiger partial charge on any atom is -0.497 e. The minimum absolute atomic E-state index is 0.0574. The number of rotatable bonds is 5. The maximum Gasteiger partial charge on any atom is 0.251 e. The van der Waals surface area contributed by atoms with Gasteiger partial charge in [0.25, 0.3) is 5.91 Å². The van der Waals surface area contributed by atoms with Crippen LogP contribution in [0.1, 0.15) is 47.3 Å². The lowest BCUT2D eigenvalue weighted by atomic mass is 9.59. The number of carbonyl (C=O) groups excluding carboxylic acids is 1. The van der Waals surface area contributed by atoms with Gasteiger partial charge in [0.05, 0.1) is 14.2 Å². The Labute approximate surface area is 172 Å². The minimum atomic E-state index is -0.0574. The molecular weight excluding hydrogens is 364 g/mol. The molecule has 0 unspecified atom stereocenters. The molecule has 154 valence electrons. The second kappa shape index (κ2) is 7.71. The predicted octanol–water partition coefficient (Wildman–Crippen LogP) is 3.45. The number of fused-ring (bicyclic) bond motifs is 4. The highest BCUT2D eigenvalue weighted by molar-refractivity contribution is 5.94. The molecule has 5 heteroatoms. The molecule has 0 spiro atoms. The van der Waals surface area contributed by atoms with Crippen molar-refractivity contribution in [1.29, 1.82) is 0 Å². The van der Waals surface area contributed by atoms with Crippen LogP contribution in [0.3, 0.4) is 0 Å². The zero-order valence-corrected chi connectivity index (χ0v) is 17.7. The van der Waals surface area contributed by atoms with Gasteiger partial charge in [0.2, 0.25) is 0 Å². The number of benzene rings is 2. The fraction of sp³-hybridized carbons (Fsp3) is 0.458. The van der Waals surface area contributed by atoms with Gasteiger partial charge in [-0.05, 0) is 66.1 Å². The van der Waals surface area contributed by atoms with Crippen molar-refractivity contribution in [2.75, 3.05) is 20.8 Å². The van der Waals surface area contributed by atoms with E-state index < -0.39 is 0 Å². The number of ether oxygens (including phenoxy) is 2. The van der Waals surface area contributed by atoms with Crippen LogP contribution in [0.2, 0.25) is 0 Å². The highest BCUT2D eigenvalue weighted by Gasteiger charge is 2.45. The summed E-state index contributed by atoms with van der Waals surface area (Å²) in [5.41, 5.74) is 4.48. The Kier molecular flexibility index (Phi) is 5.26. The summed E-state index contributed by atoms with van der Waals surface area (Å²) in [6, 6.07) is 12.4. The zero-order chi connectivity index (χ0) is 20.6. The molecule has 29 heavy (non-hydrogen) atoms. The normalized spacial score (nSPS) is 25.1. The van der Waals surface area contributed by atoms with Crippen LogP contribution in [0.15, 0.2) is 36.4 Å². The van der Waals surface area contributed by atoms with Crippen LogP contribution in [-0.4, -0.2) is 32.7 Å². The second-order valence-corrected chi connectivity index (χ2v) is 8.45. The van der Waals surface area contributed by atoms with E-state index in [1.807, 2.05) is 24.3 Å². The molecule has 2 bridgehead atoms. The van der Waals surface area contributed by atoms with Crippen molar-refractivity contribution in [3.05, 3.63) is 58.7 Å². The molecule has 0 radical (unpaired) electrons. The van der Waals surface area contributed by atoms with Gasteiger partial charge in [-0.3, -0.25) is 4.79 Å². The lowest BCUT2D eigenvalue weighted by molar-refractivity contribution is 0.0950. The summed E-state index contributed by atoms with van der Waals surface area (Å²) in [5.74, 6) is 1.94. The van der Waals surface area contributed by atoms with Gasteiger partial charge in [0.15, 0.2) is 0 Å². The van der Waals surface area contributed by atoms with Gasteiger partial charge in [-0.25, -0.2) is 0 Å². The topological polar surface area (TPSA) is 59.6 Å².